The maximum absolute atomic E-state index is 12.1. The highest BCUT2D eigenvalue weighted by molar-refractivity contribution is 6.04. The van der Waals surface area contributed by atoms with Crippen molar-refractivity contribution in [1.29, 1.82) is 0 Å². The number of primary amides is 1. The van der Waals surface area contributed by atoms with Crippen LogP contribution in [0, 0.1) is 6.92 Å². The number of furan rings is 1. The van der Waals surface area contributed by atoms with Crippen LogP contribution in [-0.2, 0) is 4.74 Å². The van der Waals surface area contributed by atoms with Crippen LogP contribution in [-0.4, -0.2) is 41.7 Å². The third-order valence-electron chi connectivity index (χ3n) is 4.37. The van der Waals surface area contributed by atoms with Gasteiger partial charge in [-0.05, 0) is 45.9 Å². The molecule has 0 atom stereocenters. The monoisotopic (exact) mass is 374 g/mol. The summed E-state index contributed by atoms with van der Waals surface area (Å²) in [4.78, 5) is 25.6. The third kappa shape index (κ3) is 4.53. The fraction of sp³-hybridized carbons (Fsp3) is 0.500. The largest absolute Gasteiger partial charge is 0.490 e. The fourth-order valence-electron chi connectivity index (χ4n) is 3.18. The number of likely N-dealkylation sites (tertiary alicyclic amines) is 1. The summed E-state index contributed by atoms with van der Waals surface area (Å²) in [7, 11) is 0. The number of rotatable bonds is 3. The van der Waals surface area contributed by atoms with E-state index in [-0.39, 0.29) is 12.2 Å². The van der Waals surface area contributed by atoms with Crippen LogP contribution in [0.4, 0.5) is 4.79 Å². The molecule has 2 aromatic rings. The molecule has 0 bridgehead atoms. The van der Waals surface area contributed by atoms with Crippen molar-refractivity contribution in [3.8, 4) is 5.75 Å². The number of aryl methyl sites for hydroxylation is 1. The van der Waals surface area contributed by atoms with Gasteiger partial charge in [-0.3, -0.25) is 4.79 Å². The average Bonchev–Trinajstić information content (AvgIpc) is 2.93. The summed E-state index contributed by atoms with van der Waals surface area (Å²) in [5, 5.41) is 0.782. The Hall–Kier alpha value is -2.70. The Morgan fingerprint density at radius 2 is 1.85 bits per heavy atom. The molecule has 0 radical (unpaired) electrons. The molecule has 1 aliphatic rings. The molecule has 2 amide bonds. The molecule has 27 heavy (non-hydrogen) atoms. The number of fused-ring (bicyclic) bond motifs is 1. The van der Waals surface area contributed by atoms with Crippen LogP contribution in [0.5, 0.6) is 5.75 Å². The summed E-state index contributed by atoms with van der Waals surface area (Å²) in [6.07, 6.45) is 1.03. The van der Waals surface area contributed by atoms with Crippen molar-refractivity contribution in [2.45, 2.75) is 52.2 Å². The number of nitrogens with zero attached hydrogens (tertiary/aromatic N) is 1. The second-order valence-electron chi connectivity index (χ2n) is 7.90. The maximum atomic E-state index is 12.1. The number of hydrogen-bond acceptors (Lipinski definition) is 5. The molecular weight excluding hydrogens is 348 g/mol. The lowest BCUT2D eigenvalue weighted by Gasteiger charge is -2.33. The van der Waals surface area contributed by atoms with Gasteiger partial charge in [-0.2, -0.15) is 0 Å². The van der Waals surface area contributed by atoms with Crippen LogP contribution < -0.4 is 10.5 Å². The van der Waals surface area contributed by atoms with E-state index in [0.717, 1.165) is 5.39 Å². The lowest BCUT2D eigenvalue weighted by Crippen LogP contribution is -2.44. The molecule has 0 unspecified atom stereocenters. The van der Waals surface area contributed by atoms with E-state index in [0.29, 0.717) is 48.6 Å². The van der Waals surface area contributed by atoms with Crippen molar-refractivity contribution < 1.29 is 23.5 Å². The predicted molar refractivity (Wildman–Crippen MR) is 101 cm³/mol. The number of ether oxygens (including phenoxy) is 2. The first-order valence-electron chi connectivity index (χ1n) is 9.11. The molecule has 7 heteroatoms. The molecule has 7 nitrogen and oxygen atoms in total. The predicted octanol–water partition coefficient (Wildman–Crippen LogP) is 3.62. The van der Waals surface area contributed by atoms with Gasteiger partial charge in [0.25, 0.3) is 5.91 Å². The van der Waals surface area contributed by atoms with Crippen molar-refractivity contribution in [2.24, 2.45) is 5.73 Å². The van der Waals surface area contributed by atoms with Crippen molar-refractivity contribution in [3.05, 3.63) is 29.5 Å². The zero-order valence-electron chi connectivity index (χ0n) is 16.2. The van der Waals surface area contributed by atoms with Crippen molar-refractivity contribution >= 4 is 23.0 Å². The molecular formula is C20H26N2O5. The van der Waals surface area contributed by atoms with Gasteiger partial charge < -0.3 is 24.5 Å². The van der Waals surface area contributed by atoms with E-state index in [9.17, 15) is 9.59 Å². The Bertz CT molecular complexity index is 857. The number of carbonyl (C=O) groups is 2. The number of piperidine rings is 1. The lowest BCUT2D eigenvalue weighted by molar-refractivity contribution is 0.0126. The van der Waals surface area contributed by atoms with Crippen molar-refractivity contribution in [2.75, 3.05) is 13.1 Å². The van der Waals surface area contributed by atoms with Gasteiger partial charge in [0.2, 0.25) is 0 Å². The van der Waals surface area contributed by atoms with Gasteiger partial charge in [-0.1, -0.05) is 0 Å². The number of carbonyl (C=O) groups excluding carboxylic acids is 2. The van der Waals surface area contributed by atoms with E-state index in [1.165, 1.54) is 0 Å². The summed E-state index contributed by atoms with van der Waals surface area (Å²) >= 11 is 0. The molecule has 1 fully saturated rings. The molecule has 146 valence electrons. The Morgan fingerprint density at radius 1 is 1.19 bits per heavy atom. The molecule has 1 aliphatic heterocycles. The van der Waals surface area contributed by atoms with Gasteiger partial charge in [0, 0.05) is 31.3 Å². The second kappa shape index (κ2) is 7.13. The SMILES string of the molecule is Cc1cc2cc(OC3CCN(C(=O)OC(C)(C)C)CC3)cc(C(N)=O)c2o1. The highest BCUT2D eigenvalue weighted by atomic mass is 16.6. The molecule has 1 saturated heterocycles. The van der Waals surface area contributed by atoms with Gasteiger partial charge >= 0.3 is 6.09 Å². The van der Waals surface area contributed by atoms with E-state index in [4.69, 9.17) is 19.6 Å². The van der Waals surface area contributed by atoms with Crippen molar-refractivity contribution in [1.82, 2.24) is 4.90 Å². The zero-order valence-corrected chi connectivity index (χ0v) is 16.2. The number of hydrogen-bond donors (Lipinski definition) is 1. The number of amides is 2. The van der Waals surface area contributed by atoms with E-state index < -0.39 is 11.5 Å². The van der Waals surface area contributed by atoms with Gasteiger partial charge in [0.1, 0.15) is 28.8 Å². The Morgan fingerprint density at radius 3 is 2.44 bits per heavy atom. The first kappa shape index (κ1) is 19.1. The smallest absolute Gasteiger partial charge is 0.410 e. The van der Waals surface area contributed by atoms with Crippen LogP contribution >= 0.6 is 0 Å². The van der Waals surface area contributed by atoms with Crippen LogP contribution in [0.1, 0.15) is 49.7 Å². The van der Waals surface area contributed by atoms with E-state index in [1.807, 2.05) is 39.8 Å². The molecule has 0 aliphatic carbocycles. The fourth-order valence-corrected chi connectivity index (χ4v) is 3.18. The topological polar surface area (TPSA) is 95.0 Å². The van der Waals surface area contributed by atoms with Gasteiger partial charge in [0.05, 0.1) is 5.56 Å². The molecule has 1 aromatic heterocycles. The molecule has 0 saturated carbocycles. The highest BCUT2D eigenvalue weighted by Crippen LogP contribution is 2.30. The van der Waals surface area contributed by atoms with Crippen LogP contribution in [0.2, 0.25) is 0 Å². The molecule has 0 spiro atoms. The normalized spacial score (nSPS) is 15.8. The van der Waals surface area contributed by atoms with Crippen molar-refractivity contribution in [3.63, 3.8) is 0 Å². The second-order valence-corrected chi connectivity index (χ2v) is 7.90. The summed E-state index contributed by atoms with van der Waals surface area (Å²) in [6.45, 7) is 8.50. The Labute approximate surface area is 158 Å². The summed E-state index contributed by atoms with van der Waals surface area (Å²) in [5.74, 6) is 0.725. The maximum Gasteiger partial charge on any atom is 0.410 e. The quantitative estimate of drug-likeness (QED) is 0.885. The average molecular weight is 374 g/mol. The summed E-state index contributed by atoms with van der Waals surface area (Å²) in [6, 6.07) is 5.31. The number of nitrogens with two attached hydrogens (primary N) is 1. The van der Waals surface area contributed by atoms with Gasteiger partial charge in [-0.25, -0.2) is 4.79 Å². The Balaban J connectivity index is 1.67. The highest BCUT2D eigenvalue weighted by Gasteiger charge is 2.28. The summed E-state index contributed by atoms with van der Waals surface area (Å²) in [5.41, 5.74) is 5.76. The minimum atomic E-state index is -0.556. The first-order chi connectivity index (χ1) is 12.6. The third-order valence-corrected chi connectivity index (χ3v) is 4.37. The van der Waals surface area contributed by atoms with Gasteiger partial charge in [-0.15, -0.1) is 0 Å². The molecule has 2 heterocycles. The standard InChI is InChI=1S/C20H26N2O5/c1-12-9-13-10-15(11-16(18(21)23)17(13)25-12)26-14-5-7-22(8-6-14)19(24)27-20(2,3)4/h9-11,14H,5-8H2,1-4H3,(H2,21,23). The van der Waals surface area contributed by atoms with Crippen LogP contribution in [0.15, 0.2) is 22.6 Å². The van der Waals surface area contributed by atoms with Gasteiger partial charge in [0.15, 0.2) is 0 Å². The first-order valence-corrected chi connectivity index (χ1v) is 9.11. The molecule has 3 rings (SSSR count). The van der Waals surface area contributed by atoms with Crippen LogP contribution in [0.3, 0.4) is 0 Å². The van der Waals surface area contributed by atoms with E-state index >= 15 is 0 Å². The zero-order chi connectivity index (χ0) is 19.8. The molecule has 1 aromatic carbocycles. The number of benzene rings is 1. The minimum Gasteiger partial charge on any atom is -0.490 e. The lowest BCUT2D eigenvalue weighted by atomic mass is 10.1. The van der Waals surface area contributed by atoms with E-state index in [1.54, 1.807) is 11.0 Å². The van der Waals surface area contributed by atoms with E-state index in [2.05, 4.69) is 0 Å². The van der Waals surface area contributed by atoms with Crippen LogP contribution in [0.25, 0.3) is 11.0 Å². The minimum absolute atomic E-state index is 0.0464. The summed E-state index contributed by atoms with van der Waals surface area (Å²) < 4.78 is 17.0. The molecule has 2 N–H and O–H groups in total. The Kier molecular flexibility index (Phi) is 5.04.